The van der Waals surface area contributed by atoms with E-state index in [9.17, 15) is 0 Å². The Bertz CT molecular complexity index is 155. The Morgan fingerprint density at radius 3 is 1.82 bits per heavy atom. The van der Waals surface area contributed by atoms with Crippen LogP contribution >= 0.6 is 0 Å². The standard InChI is InChI=1S/C8H15NO2/c10-5-7-3-1-2-4-8(7,6-11)9-7/h9-11H,1-6H2. The fraction of sp³-hybridized carbons (Fsp3) is 1.00. The van der Waals surface area contributed by atoms with Crippen molar-refractivity contribution in [1.29, 1.82) is 0 Å². The molecule has 1 saturated carbocycles. The fourth-order valence-corrected chi connectivity index (χ4v) is 2.42. The molecule has 1 saturated heterocycles. The summed E-state index contributed by atoms with van der Waals surface area (Å²) in [5.74, 6) is 0. The van der Waals surface area contributed by atoms with Gasteiger partial charge in [-0.1, -0.05) is 12.8 Å². The summed E-state index contributed by atoms with van der Waals surface area (Å²) >= 11 is 0. The van der Waals surface area contributed by atoms with Crippen LogP contribution < -0.4 is 5.32 Å². The molecule has 1 aliphatic heterocycles. The third kappa shape index (κ3) is 0.789. The zero-order valence-electron chi connectivity index (χ0n) is 6.64. The van der Waals surface area contributed by atoms with Crippen LogP contribution in [0.25, 0.3) is 0 Å². The molecule has 2 fully saturated rings. The summed E-state index contributed by atoms with van der Waals surface area (Å²) in [7, 11) is 0. The van der Waals surface area contributed by atoms with E-state index in [1.54, 1.807) is 0 Å². The smallest absolute Gasteiger partial charge is 0.0632 e. The maximum absolute atomic E-state index is 9.11. The molecule has 0 amide bonds. The molecule has 11 heavy (non-hydrogen) atoms. The average Bonchev–Trinajstić information content (AvgIpc) is 2.75. The van der Waals surface area contributed by atoms with E-state index in [0.29, 0.717) is 0 Å². The first-order valence-electron chi connectivity index (χ1n) is 4.30. The largest absolute Gasteiger partial charge is 0.394 e. The zero-order valence-corrected chi connectivity index (χ0v) is 6.64. The van der Waals surface area contributed by atoms with Crippen LogP contribution in [0.5, 0.6) is 0 Å². The Morgan fingerprint density at radius 2 is 1.45 bits per heavy atom. The maximum Gasteiger partial charge on any atom is 0.0632 e. The van der Waals surface area contributed by atoms with Crippen LogP contribution in [0.15, 0.2) is 0 Å². The van der Waals surface area contributed by atoms with Crippen LogP contribution in [0.3, 0.4) is 0 Å². The summed E-state index contributed by atoms with van der Waals surface area (Å²) in [5.41, 5.74) is -0.222. The van der Waals surface area contributed by atoms with Crippen LogP contribution in [0, 0.1) is 0 Å². The summed E-state index contributed by atoms with van der Waals surface area (Å²) in [5, 5.41) is 21.5. The van der Waals surface area contributed by atoms with Crippen molar-refractivity contribution in [3.63, 3.8) is 0 Å². The number of aliphatic hydroxyl groups is 2. The van der Waals surface area contributed by atoms with Crippen molar-refractivity contribution in [1.82, 2.24) is 5.32 Å². The predicted molar refractivity (Wildman–Crippen MR) is 41.2 cm³/mol. The molecule has 1 heterocycles. The van der Waals surface area contributed by atoms with Crippen LogP contribution in [-0.4, -0.2) is 34.5 Å². The Morgan fingerprint density at radius 1 is 1.00 bits per heavy atom. The van der Waals surface area contributed by atoms with Gasteiger partial charge in [-0.25, -0.2) is 0 Å². The van der Waals surface area contributed by atoms with Gasteiger partial charge in [0, 0.05) is 0 Å². The van der Waals surface area contributed by atoms with E-state index in [1.807, 2.05) is 0 Å². The predicted octanol–water partition coefficient (Wildman–Crippen LogP) is -0.374. The van der Waals surface area contributed by atoms with Crippen LogP contribution in [0.1, 0.15) is 25.7 Å². The molecular weight excluding hydrogens is 142 g/mol. The molecule has 0 radical (unpaired) electrons. The van der Waals surface area contributed by atoms with Gasteiger partial charge in [0.05, 0.1) is 24.3 Å². The number of fused-ring (bicyclic) bond motifs is 1. The molecular formula is C8H15NO2. The third-order valence-electron chi connectivity index (χ3n) is 3.33. The summed E-state index contributed by atoms with van der Waals surface area (Å²) < 4.78 is 0. The third-order valence-corrected chi connectivity index (χ3v) is 3.33. The summed E-state index contributed by atoms with van der Waals surface area (Å²) in [4.78, 5) is 0. The van der Waals surface area contributed by atoms with Crippen molar-refractivity contribution >= 4 is 0 Å². The molecule has 0 aromatic rings. The van der Waals surface area contributed by atoms with Crippen molar-refractivity contribution < 1.29 is 10.2 Å². The van der Waals surface area contributed by atoms with Gasteiger partial charge >= 0.3 is 0 Å². The number of aliphatic hydroxyl groups excluding tert-OH is 2. The monoisotopic (exact) mass is 157 g/mol. The molecule has 1 aliphatic carbocycles. The molecule has 3 nitrogen and oxygen atoms in total. The van der Waals surface area contributed by atoms with E-state index in [0.717, 1.165) is 12.8 Å². The molecule has 2 aliphatic rings. The second-order valence-electron chi connectivity index (χ2n) is 3.81. The summed E-state index contributed by atoms with van der Waals surface area (Å²) in [6.07, 6.45) is 4.39. The van der Waals surface area contributed by atoms with Gasteiger partial charge in [0.25, 0.3) is 0 Å². The van der Waals surface area contributed by atoms with E-state index >= 15 is 0 Å². The maximum atomic E-state index is 9.11. The lowest BCUT2D eigenvalue weighted by atomic mass is 9.80. The molecule has 2 atom stereocenters. The minimum atomic E-state index is -0.111. The lowest BCUT2D eigenvalue weighted by Gasteiger charge is -2.24. The Balaban J connectivity index is 2.13. The molecule has 0 bridgehead atoms. The summed E-state index contributed by atoms with van der Waals surface area (Å²) in [6.45, 7) is 0.348. The molecule has 0 aromatic carbocycles. The van der Waals surface area contributed by atoms with Gasteiger partial charge in [-0.2, -0.15) is 0 Å². The first-order chi connectivity index (χ1) is 5.29. The first kappa shape index (κ1) is 7.53. The van der Waals surface area contributed by atoms with Gasteiger partial charge in [0.15, 0.2) is 0 Å². The number of nitrogens with one attached hydrogen (secondary N) is 1. The highest BCUT2D eigenvalue weighted by Gasteiger charge is 2.66. The molecule has 64 valence electrons. The van der Waals surface area contributed by atoms with Crippen molar-refractivity contribution in [2.45, 2.75) is 36.8 Å². The molecule has 3 N–H and O–H groups in total. The van der Waals surface area contributed by atoms with Gasteiger partial charge in [-0.3, -0.25) is 5.32 Å². The Labute approximate surface area is 66.4 Å². The molecule has 2 unspecified atom stereocenters. The highest BCUT2D eigenvalue weighted by atomic mass is 16.3. The van der Waals surface area contributed by atoms with E-state index in [4.69, 9.17) is 10.2 Å². The second kappa shape index (κ2) is 2.19. The van der Waals surface area contributed by atoms with E-state index < -0.39 is 0 Å². The van der Waals surface area contributed by atoms with E-state index in [2.05, 4.69) is 5.32 Å². The molecule has 3 heteroatoms. The quantitative estimate of drug-likeness (QED) is 0.479. The lowest BCUT2D eigenvalue weighted by Crippen LogP contribution is -2.35. The van der Waals surface area contributed by atoms with E-state index in [-0.39, 0.29) is 24.3 Å². The highest BCUT2D eigenvalue weighted by Crippen LogP contribution is 2.49. The van der Waals surface area contributed by atoms with Gasteiger partial charge < -0.3 is 10.2 Å². The van der Waals surface area contributed by atoms with Gasteiger partial charge in [0.2, 0.25) is 0 Å². The average molecular weight is 157 g/mol. The number of hydrogen-bond donors (Lipinski definition) is 3. The van der Waals surface area contributed by atoms with Crippen molar-refractivity contribution in [3.05, 3.63) is 0 Å². The zero-order chi connectivity index (χ0) is 7.95. The van der Waals surface area contributed by atoms with Gasteiger partial charge in [-0.15, -0.1) is 0 Å². The second-order valence-corrected chi connectivity index (χ2v) is 3.81. The minimum Gasteiger partial charge on any atom is -0.394 e. The van der Waals surface area contributed by atoms with Crippen LogP contribution in [-0.2, 0) is 0 Å². The SMILES string of the molecule is OCC12CCCCC1(CO)N2. The van der Waals surface area contributed by atoms with Crippen LogP contribution in [0.4, 0.5) is 0 Å². The van der Waals surface area contributed by atoms with Crippen LogP contribution in [0.2, 0.25) is 0 Å². The Hall–Kier alpha value is -0.120. The summed E-state index contributed by atoms with van der Waals surface area (Å²) in [6, 6.07) is 0. The normalized spacial score (nSPS) is 48.5. The topological polar surface area (TPSA) is 62.4 Å². The Kier molecular flexibility index (Phi) is 1.50. The lowest BCUT2D eigenvalue weighted by molar-refractivity contribution is 0.166. The number of rotatable bonds is 2. The highest BCUT2D eigenvalue weighted by molar-refractivity contribution is 5.27. The van der Waals surface area contributed by atoms with Crippen molar-refractivity contribution in [2.75, 3.05) is 13.2 Å². The van der Waals surface area contributed by atoms with E-state index in [1.165, 1.54) is 12.8 Å². The molecule has 0 aromatic heterocycles. The van der Waals surface area contributed by atoms with Crippen molar-refractivity contribution in [2.24, 2.45) is 0 Å². The van der Waals surface area contributed by atoms with Crippen molar-refractivity contribution in [3.8, 4) is 0 Å². The minimum absolute atomic E-state index is 0.111. The fourth-order valence-electron chi connectivity index (χ4n) is 2.42. The first-order valence-corrected chi connectivity index (χ1v) is 4.30. The van der Waals surface area contributed by atoms with Gasteiger partial charge in [-0.05, 0) is 12.8 Å². The van der Waals surface area contributed by atoms with Gasteiger partial charge in [0.1, 0.15) is 0 Å². The molecule has 0 spiro atoms. The number of hydrogen-bond acceptors (Lipinski definition) is 3. The molecule has 2 rings (SSSR count).